The van der Waals surface area contributed by atoms with Crippen LogP contribution in [0.15, 0.2) is 24.3 Å². The number of hydrogen-bond donors (Lipinski definition) is 2. The molecular formula is C14H21F2NO2. The van der Waals surface area contributed by atoms with Crippen LogP contribution in [0.1, 0.15) is 32.3 Å². The molecule has 0 saturated carbocycles. The molecule has 0 aromatic heterocycles. The van der Waals surface area contributed by atoms with Crippen LogP contribution in [0, 0.1) is 0 Å². The van der Waals surface area contributed by atoms with Crippen LogP contribution in [0.4, 0.5) is 8.78 Å². The molecule has 108 valence electrons. The zero-order valence-electron chi connectivity index (χ0n) is 11.3. The molecule has 0 unspecified atom stereocenters. The lowest BCUT2D eigenvalue weighted by atomic mass is 9.97. The average molecular weight is 273 g/mol. The van der Waals surface area contributed by atoms with Crippen molar-refractivity contribution in [3.05, 3.63) is 29.8 Å². The Balaban J connectivity index is 2.42. The van der Waals surface area contributed by atoms with Gasteiger partial charge in [-0.25, -0.2) is 0 Å². The number of ether oxygens (including phenoxy) is 1. The third-order valence-electron chi connectivity index (χ3n) is 3.25. The summed E-state index contributed by atoms with van der Waals surface area (Å²) in [6.45, 7) is 2.18. The number of aliphatic hydroxyl groups is 1. The molecule has 3 nitrogen and oxygen atoms in total. The quantitative estimate of drug-likeness (QED) is 0.765. The second-order valence-corrected chi connectivity index (χ2v) is 4.56. The lowest BCUT2D eigenvalue weighted by molar-refractivity contribution is -0.0498. The number of hydrogen-bond acceptors (Lipinski definition) is 3. The van der Waals surface area contributed by atoms with E-state index in [0.29, 0.717) is 25.9 Å². The molecular weight excluding hydrogens is 252 g/mol. The van der Waals surface area contributed by atoms with Crippen LogP contribution in [0.25, 0.3) is 0 Å². The molecule has 1 aromatic rings. The highest BCUT2D eigenvalue weighted by molar-refractivity contribution is 5.27. The summed E-state index contributed by atoms with van der Waals surface area (Å²) >= 11 is 0. The maximum absolute atomic E-state index is 12.0. The van der Waals surface area contributed by atoms with Gasteiger partial charge in [0.15, 0.2) is 0 Å². The van der Waals surface area contributed by atoms with E-state index in [1.54, 1.807) is 12.1 Å². The van der Waals surface area contributed by atoms with Gasteiger partial charge in [-0.2, -0.15) is 8.78 Å². The molecule has 0 radical (unpaired) electrons. The first-order chi connectivity index (χ1) is 8.99. The van der Waals surface area contributed by atoms with E-state index in [1.807, 2.05) is 13.8 Å². The van der Waals surface area contributed by atoms with Gasteiger partial charge in [-0.1, -0.05) is 26.0 Å². The number of rotatable bonds is 8. The lowest BCUT2D eigenvalue weighted by Gasteiger charge is -2.25. The zero-order chi connectivity index (χ0) is 14.3. The molecule has 0 fully saturated rings. The summed E-state index contributed by atoms with van der Waals surface area (Å²) < 4.78 is 28.2. The van der Waals surface area contributed by atoms with Crippen LogP contribution in [0.5, 0.6) is 5.75 Å². The Hall–Kier alpha value is -1.20. The van der Waals surface area contributed by atoms with Crippen LogP contribution < -0.4 is 10.1 Å². The summed E-state index contributed by atoms with van der Waals surface area (Å²) in [5.74, 6) is 0.150. The van der Waals surface area contributed by atoms with Gasteiger partial charge >= 0.3 is 6.61 Å². The summed E-state index contributed by atoms with van der Waals surface area (Å²) in [6, 6.07) is 6.47. The van der Waals surface area contributed by atoms with E-state index < -0.39 is 12.2 Å². The molecule has 0 bridgehead atoms. The Labute approximate surface area is 112 Å². The van der Waals surface area contributed by atoms with E-state index in [0.717, 1.165) is 5.56 Å². The summed E-state index contributed by atoms with van der Waals surface area (Å²) in [5.41, 5.74) is 0.273. The molecule has 1 rings (SSSR count). The van der Waals surface area contributed by atoms with Crippen LogP contribution >= 0.6 is 0 Å². The Morgan fingerprint density at radius 1 is 1.21 bits per heavy atom. The molecule has 0 aliphatic heterocycles. The highest BCUT2D eigenvalue weighted by Gasteiger charge is 2.20. The van der Waals surface area contributed by atoms with E-state index in [1.165, 1.54) is 12.1 Å². The van der Waals surface area contributed by atoms with E-state index in [9.17, 15) is 13.9 Å². The van der Waals surface area contributed by atoms with Crippen molar-refractivity contribution >= 4 is 0 Å². The van der Waals surface area contributed by atoms with Gasteiger partial charge < -0.3 is 15.2 Å². The number of nitrogens with one attached hydrogen (secondary N) is 1. The van der Waals surface area contributed by atoms with Crippen molar-refractivity contribution in [2.24, 2.45) is 0 Å². The summed E-state index contributed by atoms with van der Waals surface area (Å²) in [6.07, 6.45) is 1.38. The number of halogens is 2. The van der Waals surface area contributed by atoms with Crippen LogP contribution in [-0.4, -0.2) is 23.9 Å². The highest BCUT2D eigenvalue weighted by Crippen LogP contribution is 2.16. The average Bonchev–Trinajstić information content (AvgIpc) is 2.40. The van der Waals surface area contributed by atoms with Gasteiger partial charge in [-0.3, -0.25) is 0 Å². The Morgan fingerprint density at radius 2 is 1.79 bits per heavy atom. The van der Waals surface area contributed by atoms with Crippen molar-refractivity contribution in [2.75, 3.05) is 6.54 Å². The third kappa shape index (κ3) is 5.53. The molecule has 0 atom stereocenters. The molecule has 1 aromatic carbocycles. The Kier molecular flexibility index (Phi) is 6.18. The topological polar surface area (TPSA) is 41.5 Å². The fourth-order valence-electron chi connectivity index (χ4n) is 1.73. The maximum atomic E-state index is 12.0. The van der Waals surface area contributed by atoms with Gasteiger partial charge in [0.1, 0.15) is 5.75 Å². The first-order valence-electron chi connectivity index (χ1n) is 6.46. The van der Waals surface area contributed by atoms with Crippen molar-refractivity contribution in [3.8, 4) is 5.75 Å². The second-order valence-electron chi connectivity index (χ2n) is 4.56. The fraction of sp³-hybridized carbons (Fsp3) is 0.571. The van der Waals surface area contributed by atoms with E-state index >= 15 is 0 Å². The molecule has 5 heteroatoms. The standard InChI is InChI=1S/C14H21F2NO2/c1-3-14(18,4-2)10-17-9-11-5-7-12(8-6-11)19-13(15)16/h5-8,13,17-18H,3-4,9-10H2,1-2H3. The predicted octanol–water partition coefficient (Wildman–Crippen LogP) is 2.93. The first-order valence-corrected chi connectivity index (χ1v) is 6.46. The van der Waals surface area contributed by atoms with Crippen molar-refractivity contribution < 1.29 is 18.6 Å². The molecule has 0 heterocycles. The van der Waals surface area contributed by atoms with Gasteiger partial charge in [0.25, 0.3) is 0 Å². The zero-order valence-corrected chi connectivity index (χ0v) is 11.3. The molecule has 19 heavy (non-hydrogen) atoms. The fourth-order valence-corrected chi connectivity index (χ4v) is 1.73. The third-order valence-corrected chi connectivity index (χ3v) is 3.25. The largest absolute Gasteiger partial charge is 0.435 e. The van der Waals surface area contributed by atoms with Gasteiger partial charge in [0.2, 0.25) is 0 Å². The molecule has 0 saturated heterocycles. The van der Waals surface area contributed by atoms with Crippen molar-refractivity contribution in [1.29, 1.82) is 0 Å². The van der Waals surface area contributed by atoms with E-state index in [2.05, 4.69) is 10.1 Å². The van der Waals surface area contributed by atoms with Crippen molar-refractivity contribution in [2.45, 2.75) is 45.4 Å². The number of benzene rings is 1. The minimum atomic E-state index is -2.80. The number of alkyl halides is 2. The van der Waals surface area contributed by atoms with Crippen molar-refractivity contribution in [3.63, 3.8) is 0 Å². The molecule has 0 aliphatic carbocycles. The molecule has 0 spiro atoms. The van der Waals surface area contributed by atoms with Crippen LogP contribution in [-0.2, 0) is 6.54 Å². The molecule has 0 aliphatic rings. The minimum Gasteiger partial charge on any atom is -0.435 e. The normalized spacial score (nSPS) is 11.9. The van der Waals surface area contributed by atoms with Crippen LogP contribution in [0.3, 0.4) is 0 Å². The Morgan fingerprint density at radius 3 is 2.26 bits per heavy atom. The smallest absolute Gasteiger partial charge is 0.387 e. The molecule has 2 N–H and O–H groups in total. The molecule has 0 amide bonds. The van der Waals surface area contributed by atoms with E-state index in [-0.39, 0.29) is 5.75 Å². The first kappa shape index (κ1) is 15.9. The van der Waals surface area contributed by atoms with Crippen LogP contribution in [0.2, 0.25) is 0 Å². The summed E-state index contributed by atoms with van der Waals surface area (Å²) in [4.78, 5) is 0. The van der Waals surface area contributed by atoms with Gasteiger partial charge in [-0.15, -0.1) is 0 Å². The SMILES string of the molecule is CCC(O)(CC)CNCc1ccc(OC(F)F)cc1. The predicted molar refractivity (Wildman–Crippen MR) is 70.3 cm³/mol. The van der Waals surface area contributed by atoms with Gasteiger partial charge in [-0.05, 0) is 30.5 Å². The van der Waals surface area contributed by atoms with Gasteiger partial charge in [0.05, 0.1) is 5.60 Å². The lowest BCUT2D eigenvalue weighted by Crippen LogP contribution is -2.39. The summed E-state index contributed by atoms with van der Waals surface area (Å²) in [7, 11) is 0. The summed E-state index contributed by atoms with van der Waals surface area (Å²) in [5, 5.41) is 13.2. The maximum Gasteiger partial charge on any atom is 0.387 e. The highest BCUT2D eigenvalue weighted by atomic mass is 19.3. The second kappa shape index (κ2) is 7.40. The van der Waals surface area contributed by atoms with Crippen molar-refractivity contribution in [1.82, 2.24) is 5.32 Å². The van der Waals surface area contributed by atoms with E-state index in [4.69, 9.17) is 0 Å². The minimum absolute atomic E-state index is 0.150. The van der Waals surface area contributed by atoms with Gasteiger partial charge in [0, 0.05) is 13.1 Å². The monoisotopic (exact) mass is 273 g/mol. The Bertz CT molecular complexity index is 364.